The van der Waals surface area contributed by atoms with Gasteiger partial charge in [-0.3, -0.25) is 0 Å². The predicted molar refractivity (Wildman–Crippen MR) is 67.7 cm³/mol. The summed E-state index contributed by atoms with van der Waals surface area (Å²) in [5.74, 6) is 0.610. The molecular formula is C11H15N3O3S. The maximum absolute atomic E-state index is 11.6. The van der Waals surface area contributed by atoms with Crippen LogP contribution in [0, 0.1) is 0 Å². The zero-order valence-corrected chi connectivity index (χ0v) is 10.9. The Morgan fingerprint density at radius 1 is 1.44 bits per heavy atom. The van der Waals surface area contributed by atoms with E-state index >= 15 is 0 Å². The van der Waals surface area contributed by atoms with Crippen molar-refractivity contribution in [1.29, 1.82) is 0 Å². The van der Waals surface area contributed by atoms with E-state index in [1.54, 1.807) is 6.20 Å². The van der Waals surface area contributed by atoms with Gasteiger partial charge in [-0.25, -0.2) is 18.1 Å². The van der Waals surface area contributed by atoms with Crippen molar-refractivity contribution in [3.8, 4) is 0 Å². The van der Waals surface area contributed by atoms with Gasteiger partial charge in [0.05, 0.1) is 30.6 Å². The van der Waals surface area contributed by atoms with Gasteiger partial charge < -0.3 is 9.14 Å². The zero-order valence-electron chi connectivity index (χ0n) is 10.0. The third-order valence-corrected chi connectivity index (χ3v) is 3.81. The van der Waals surface area contributed by atoms with Crippen molar-refractivity contribution in [2.75, 3.05) is 19.5 Å². The highest BCUT2D eigenvalue weighted by atomic mass is 32.2. The summed E-state index contributed by atoms with van der Waals surface area (Å²) in [6.45, 7) is 0.349. The van der Waals surface area contributed by atoms with Crippen LogP contribution in [0.1, 0.15) is 5.82 Å². The summed E-state index contributed by atoms with van der Waals surface area (Å²) in [7, 11) is -1.85. The number of sulfonamides is 1. The van der Waals surface area contributed by atoms with Crippen molar-refractivity contribution in [2.24, 2.45) is 0 Å². The van der Waals surface area contributed by atoms with Gasteiger partial charge in [-0.05, 0) is 12.1 Å². The van der Waals surface area contributed by atoms with Crippen molar-refractivity contribution in [1.82, 2.24) is 14.1 Å². The summed E-state index contributed by atoms with van der Waals surface area (Å²) in [5.41, 5.74) is 0.934. The molecule has 0 fully saturated rings. The third-order valence-electron chi connectivity index (χ3n) is 2.52. The zero-order chi connectivity index (χ0) is 13.0. The van der Waals surface area contributed by atoms with Crippen molar-refractivity contribution < 1.29 is 13.2 Å². The number of nitrogens with zero attached hydrogens (tertiary/aromatic N) is 2. The molecule has 0 aliphatic rings. The van der Waals surface area contributed by atoms with Crippen LogP contribution in [0.25, 0.3) is 5.52 Å². The quantitative estimate of drug-likeness (QED) is 0.824. The molecule has 0 spiro atoms. The highest BCUT2D eigenvalue weighted by Crippen LogP contribution is 2.06. The smallest absolute Gasteiger partial charge is 0.214 e. The van der Waals surface area contributed by atoms with E-state index in [9.17, 15) is 8.42 Å². The molecule has 0 aliphatic heterocycles. The highest BCUT2D eigenvalue weighted by Gasteiger charge is 2.11. The lowest BCUT2D eigenvalue weighted by atomic mass is 10.4. The molecule has 2 aromatic rings. The number of methoxy groups -OCH3 is 1. The second-order valence-corrected chi connectivity index (χ2v) is 5.73. The summed E-state index contributed by atoms with van der Waals surface area (Å²) in [5, 5.41) is 0. The molecule has 1 N–H and O–H groups in total. The average Bonchev–Trinajstić information content (AvgIpc) is 2.78. The number of hydrogen-bond acceptors (Lipinski definition) is 4. The molecule has 0 radical (unpaired) electrons. The standard InChI is InChI=1S/C11H15N3O3S/c1-17-6-7-18(15,16)13-9-11-12-8-10-4-2-3-5-14(10)11/h2-5,8,13H,6-7,9H2,1H3. The predicted octanol–water partition coefficient (Wildman–Crippen LogP) is 0.400. The monoisotopic (exact) mass is 269 g/mol. The van der Waals surface area contributed by atoms with E-state index in [4.69, 9.17) is 4.74 Å². The van der Waals surface area contributed by atoms with Crippen molar-refractivity contribution >= 4 is 15.5 Å². The van der Waals surface area contributed by atoms with Gasteiger partial charge in [0.25, 0.3) is 0 Å². The second kappa shape index (κ2) is 5.47. The van der Waals surface area contributed by atoms with E-state index in [2.05, 4.69) is 9.71 Å². The van der Waals surface area contributed by atoms with E-state index in [1.807, 2.05) is 28.8 Å². The Bertz CT molecular complexity index is 621. The number of nitrogens with one attached hydrogen (secondary N) is 1. The Morgan fingerprint density at radius 2 is 2.28 bits per heavy atom. The number of fused-ring (bicyclic) bond motifs is 1. The molecule has 0 saturated carbocycles. The molecule has 2 rings (SSSR count). The van der Waals surface area contributed by atoms with E-state index in [-0.39, 0.29) is 18.9 Å². The number of pyridine rings is 1. The molecule has 7 heteroatoms. The van der Waals surface area contributed by atoms with Crippen LogP contribution >= 0.6 is 0 Å². The lowest BCUT2D eigenvalue weighted by Gasteiger charge is -2.05. The van der Waals surface area contributed by atoms with Crippen LogP contribution in [0.3, 0.4) is 0 Å². The van der Waals surface area contributed by atoms with Gasteiger partial charge in [-0.1, -0.05) is 6.07 Å². The lowest BCUT2D eigenvalue weighted by molar-refractivity contribution is 0.217. The van der Waals surface area contributed by atoms with Crippen molar-refractivity contribution in [3.63, 3.8) is 0 Å². The largest absolute Gasteiger partial charge is 0.384 e. The number of hydrogen-bond donors (Lipinski definition) is 1. The minimum atomic E-state index is -3.32. The fourth-order valence-electron chi connectivity index (χ4n) is 1.57. The first-order chi connectivity index (χ1) is 8.62. The highest BCUT2D eigenvalue weighted by molar-refractivity contribution is 7.89. The number of ether oxygens (including phenoxy) is 1. The first kappa shape index (κ1) is 13.0. The molecule has 18 heavy (non-hydrogen) atoms. The molecule has 6 nitrogen and oxygen atoms in total. The fourth-order valence-corrected chi connectivity index (χ4v) is 2.45. The van der Waals surface area contributed by atoms with Gasteiger partial charge in [-0.2, -0.15) is 0 Å². The summed E-state index contributed by atoms with van der Waals surface area (Å²) >= 11 is 0. The third kappa shape index (κ3) is 3.06. The first-order valence-corrected chi connectivity index (χ1v) is 7.15. The maximum atomic E-state index is 11.6. The lowest BCUT2D eigenvalue weighted by Crippen LogP contribution is -2.28. The van der Waals surface area contributed by atoms with E-state index in [0.29, 0.717) is 5.82 Å². The summed E-state index contributed by atoms with van der Waals surface area (Å²) in [6, 6.07) is 5.69. The summed E-state index contributed by atoms with van der Waals surface area (Å²) in [4.78, 5) is 4.18. The van der Waals surface area contributed by atoms with Crippen LogP contribution in [-0.2, 0) is 21.3 Å². The van der Waals surface area contributed by atoms with Crippen molar-refractivity contribution in [3.05, 3.63) is 36.4 Å². The molecule has 2 heterocycles. The molecule has 0 amide bonds. The SMILES string of the molecule is COCCS(=O)(=O)NCc1ncc2ccccn12. The Labute approximate surface area is 106 Å². The Kier molecular flexibility index (Phi) is 3.95. The summed E-state index contributed by atoms with van der Waals surface area (Å²) in [6.07, 6.45) is 3.56. The molecule has 98 valence electrons. The number of rotatable bonds is 6. The van der Waals surface area contributed by atoms with Crippen LogP contribution in [0.4, 0.5) is 0 Å². The van der Waals surface area contributed by atoms with Crippen LogP contribution in [0.5, 0.6) is 0 Å². The normalized spacial score (nSPS) is 12.1. The Balaban J connectivity index is 2.06. The minimum absolute atomic E-state index is 0.0488. The topological polar surface area (TPSA) is 72.7 Å². The molecule has 0 unspecified atom stereocenters. The first-order valence-electron chi connectivity index (χ1n) is 5.49. The van der Waals surface area contributed by atoms with Gasteiger partial charge >= 0.3 is 0 Å². The van der Waals surface area contributed by atoms with Gasteiger partial charge in [-0.15, -0.1) is 0 Å². The fraction of sp³-hybridized carbons (Fsp3) is 0.364. The molecular weight excluding hydrogens is 254 g/mol. The Morgan fingerprint density at radius 3 is 3.06 bits per heavy atom. The van der Waals surface area contributed by atoms with E-state index < -0.39 is 10.0 Å². The average molecular weight is 269 g/mol. The van der Waals surface area contributed by atoms with E-state index in [0.717, 1.165) is 5.52 Å². The molecule has 0 saturated heterocycles. The van der Waals surface area contributed by atoms with E-state index in [1.165, 1.54) is 7.11 Å². The summed E-state index contributed by atoms with van der Waals surface area (Å²) < 4.78 is 32.3. The minimum Gasteiger partial charge on any atom is -0.384 e. The van der Waals surface area contributed by atoms with Crippen LogP contribution in [-0.4, -0.2) is 37.3 Å². The Hall–Kier alpha value is -1.44. The molecule has 0 aliphatic carbocycles. The number of imidazole rings is 1. The molecule has 2 aromatic heterocycles. The molecule has 0 aromatic carbocycles. The van der Waals surface area contributed by atoms with Crippen LogP contribution < -0.4 is 4.72 Å². The molecule has 0 bridgehead atoms. The van der Waals surface area contributed by atoms with Crippen LogP contribution in [0.15, 0.2) is 30.6 Å². The van der Waals surface area contributed by atoms with Gasteiger partial charge in [0, 0.05) is 13.3 Å². The maximum Gasteiger partial charge on any atom is 0.214 e. The van der Waals surface area contributed by atoms with Gasteiger partial charge in [0.2, 0.25) is 10.0 Å². The van der Waals surface area contributed by atoms with Crippen molar-refractivity contribution in [2.45, 2.75) is 6.54 Å². The molecule has 0 atom stereocenters. The van der Waals surface area contributed by atoms with Gasteiger partial charge in [0.15, 0.2) is 0 Å². The van der Waals surface area contributed by atoms with Crippen LogP contribution in [0.2, 0.25) is 0 Å². The van der Waals surface area contributed by atoms with Gasteiger partial charge in [0.1, 0.15) is 5.82 Å². The number of aromatic nitrogens is 2. The second-order valence-electron chi connectivity index (χ2n) is 3.80.